The molecule has 0 bridgehead atoms. The van der Waals surface area contributed by atoms with Gasteiger partial charge in [-0.25, -0.2) is 0 Å². The van der Waals surface area contributed by atoms with E-state index >= 15 is 0 Å². The van der Waals surface area contributed by atoms with Crippen LogP contribution in [0.5, 0.6) is 0 Å². The van der Waals surface area contributed by atoms with E-state index < -0.39 is 6.04 Å². The number of aryl methyl sites for hydroxylation is 2. The number of fused-ring (bicyclic) bond motifs is 1. The molecule has 23 heavy (non-hydrogen) atoms. The number of hydrogen-bond acceptors (Lipinski definition) is 2. The lowest BCUT2D eigenvalue weighted by Crippen LogP contribution is -2.14. The molecular formula is C20H21N2O. The second kappa shape index (κ2) is 6.80. The molecule has 0 aliphatic heterocycles. The Balaban J connectivity index is 2.06. The zero-order valence-electron chi connectivity index (χ0n) is 13.3. The van der Waals surface area contributed by atoms with Gasteiger partial charge in [0.2, 0.25) is 0 Å². The van der Waals surface area contributed by atoms with Crippen LogP contribution in [0.25, 0.3) is 10.9 Å². The molecule has 3 rings (SSSR count). The molecule has 1 aromatic heterocycles. The third-order valence-corrected chi connectivity index (χ3v) is 4.31. The maximum absolute atomic E-state index is 11.3. The van der Waals surface area contributed by atoms with Crippen molar-refractivity contribution in [1.82, 2.24) is 4.57 Å². The van der Waals surface area contributed by atoms with Gasteiger partial charge in [-0.3, -0.25) is 0 Å². The highest BCUT2D eigenvalue weighted by molar-refractivity contribution is 5.88. The summed E-state index contributed by atoms with van der Waals surface area (Å²) in [6, 6.07) is 19.1. The Kier molecular flexibility index (Phi) is 4.58. The first kappa shape index (κ1) is 15.5. The first-order valence-corrected chi connectivity index (χ1v) is 8.02. The highest BCUT2D eigenvalue weighted by atomic mass is 16.1. The van der Waals surface area contributed by atoms with Crippen molar-refractivity contribution in [2.75, 3.05) is 0 Å². The van der Waals surface area contributed by atoms with Crippen LogP contribution in [0.2, 0.25) is 0 Å². The van der Waals surface area contributed by atoms with Crippen molar-refractivity contribution in [3.8, 4) is 0 Å². The minimum absolute atomic E-state index is 0.593. The fourth-order valence-corrected chi connectivity index (χ4v) is 3.25. The van der Waals surface area contributed by atoms with E-state index in [9.17, 15) is 4.79 Å². The lowest BCUT2D eigenvalue weighted by atomic mass is 10.0. The number of carbonyl (C=O) groups excluding carboxylic acids is 1. The zero-order valence-corrected chi connectivity index (χ0v) is 13.3. The molecule has 0 amide bonds. The van der Waals surface area contributed by atoms with Crippen LogP contribution < -0.4 is 5.73 Å². The van der Waals surface area contributed by atoms with Crippen molar-refractivity contribution < 1.29 is 4.79 Å². The molecule has 0 saturated heterocycles. The normalized spacial score (nSPS) is 12.4. The second-order valence-corrected chi connectivity index (χ2v) is 5.69. The van der Waals surface area contributed by atoms with Crippen LogP contribution in [0.15, 0.2) is 48.5 Å². The summed E-state index contributed by atoms with van der Waals surface area (Å²) in [5.41, 5.74) is 10.5. The molecular weight excluding hydrogens is 284 g/mol. The van der Waals surface area contributed by atoms with Crippen LogP contribution in [0.4, 0.5) is 0 Å². The Bertz CT molecular complexity index is 805. The van der Waals surface area contributed by atoms with Crippen LogP contribution >= 0.6 is 0 Å². The van der Waals surface area contributed by atoms with Gasteiger partial charge in [0.05, 0.1) is 6.04 Å². The Hall–Kier alpha value is -2.39. The van der Waals surface area contributed by atoms with Gasteiger partial charge in [0, 0.05) is 28.7 Å². The van der Waals surface area contributed by atoms with Crippen LogP contribution in [0, 0.1) is 6.07 Å². The van der Waals surface area contributed by atoms with Crippen molar-refractivity contribution in [1.29, 1.82) is 0 Å². The minimum atomic E-state index is -0.593. The van der Waals surface area contributed by atoms with E-state index in [0.29, 0.717) is 0 Å². The summed E-state index contributed by atoms with van der Waals surface area (Å²) in [6.07, 6.45) is 2.60. The lowest BCUT2D eigenvalue weighted by molar-refractivity contribution is -0.109. The largest absolute Gasteiger partial charge is 0.344 e. The standard InChI is InChI=1S/C20H21N2O/c1-2-18-20(17(21)14-23)16-10-6-7-11-19(16)22(18)13-12-15-8-4-3-5-9-15/h3-9,11,14,17H,2,12-13,21H2,1H3. The van der Waals surface area contributed by atoms with E-state index in [2.05, 4.69) is 47.9 Å². The van der Waals surface area contributed by atoms with E-state index in [-0.39, 0.29) is 0 Å². The maximum Gasteiger partial charge on any atom is 0.141 e. The predicted molar refractivity (Wildman–Crippen MR) is 93.3 cm³/mol. The van der Waals surface area contributed by atoms with Crippen LogP contribution in [-0.2, 0) is 24.2 Å². The molecule has 0 aliphatic carbocycles. The summed E-state index contributed by atoms with van der Waals surface area (Å²) in [5.74, 6) is 0. The fourth-order valence-electron chi connectivity index (χ4n) is 3.25. The molecule has 0 spiro atoms. The molecule has 2 aromatic carbocycles. The van der Waals surface area contributed by atoms with Gasteiger partial charge < -0.3 is 15.1 Å². The number of aldehydes is 1. The Morgan fingerprint density at radius 2 is 2.00 bits per heavy atom. The summed E-state index contributed by atoms with van der Waals surface area (Å²) in [4.78, 5) is 11.3. The molecule has 3 aromatic rings. The number of hydrogen-bond donors (Lipinski definition) is 1. The molecule has 2 N–H and O–H groups in total. The summed E-state index contributed by atoms with van der Waals surface area (Å²) >= 11 is 0. The number of aromatic nitrogens is 1. The maximum atomic E-state index is 11.3. The number of nitrogens with two attached hydrogens (primary N) is 1. The number of carbonyl (C=O) groups is 1. The molecule has 1 heterocycles. The number of nitrogens with zero attached hydrogens (tertiary/aromatic N) is 1. The Morgan fingerprint density at radius 3 is 2.70 bits per heavy atom. The number of rotatable bonds is 6. The Morgan fingerprint density at radius 1 is 1.22 bits per heavy atom. The molecule has 1 unspecified atom stereocenters. The SMILES string of the molecule is CCc1c(C(N)C=O)c2[c]cccc2n1CCc1ccccc1. The van der Waals surface area contributed by atoms with E-state index in [0.717, 1.165) is 47.8 Å². The van der Waals surface area contributed by atoms with Crippen molar-refractivity contribution in [2.45, 2.75) is 32.4 Å². The molecule has 1 radical (unpaired) electrons. The third-order valence-electron chi connectivity index (χ3n) is 4.31. The van der Waals surface area contributed by atoms with Gasteiger partial charge in [0.1, 0.15) is 6.29 Å². The van der Waals surface area contributed by atoms with Crippen molar-refractivity contribution in [3.05, 3.63) is 71.4 Å². The van der Waals surface area contributed by atoms with Gasteiger partial charge in [0.25, 0.3) is 0 Å². The average Bonchev–Trinajstić information content (AvgIpc) is 2.93. The molecule has 1 atom stereocenters. The third kappa shape index (κ3) is 2.92. The zero-order chi connectivity index (χ0) is 16.2. The molecule has 0 aliphatic rings. The summed E-state index contributed by atoms with van der Waals surface area (Å²) in [6.45, 7) is 2.97. The molecule has 3 heteroatoms. The number of benzene rings is 2. The van der Waals surface area contributed by atoms with E-state index in [1.54, 1.807) is 0 Å². The average molecular weight is 305 g/mol. The van der Waals surface area contributed by atoms with Gasteiger partial charge in [-0.15, -0.1) is 0 Å². The second-order valence-electron chi connectivity index (χ2n) is 5.69. The minimum Gasteiger partial charge on any atom is -0.344 e. The fraction of sp³-hybridized carbons (Fsp3) is 0.250. The topological polar surface area (TPSA) is 48.0 Å². The van der Waals surface area contributed by atoms with Crippen LogP contribution in [0.3, 0.4) is 0 Å². The van der Waals surface area contributed by atoms with Gasteiger partial charge in [-0.05, 0) is 30.5 Å². The van der Waals surface area contributed by atoms with E-state index in [1.165, 1.54) is 5.56 Å². The van der Waals surface area contributed by atoms with Crippen LogP contribution in [-0.4, -0.2) is 10.9 Å². The molecule has 0 fully saturated rings. The van der Waals surface area contributed by atoms with Crippen molar-refractivity contribution >= 4 is 17.2 Å². The highest BCUT2D eigenvalue weighted by Crippen LogP contribution is 2.30. The Labute approximate surface area is 136 Å². The van der Waals surface area contributed by atoms with Crippen molar-refractivity contribution in [3.63, 3.8) is 0 Å². The monoisotopic (exact) mass is 305 g/mol. The van der Waals surface area contributed by atoms with Gasteiger partial charge >= 0.3 is 0 Å². The first-order valence-electron chi connectivity index (χ1n) is 8.02. The smallest absolute Gasteiger partial charge is 0.141 e. The highest BCUT2D eigenvalue weighted by Gasteiger charge is 2.20. The summed E-state index contributed by atoms with van der Waals surface area (Å²) in [5, 5.41) is 0.969. The van der Waals surface area contributed by atoms with Crippen molar-refractivity contribution in [2.24, 2.45) is 5.73 Å². The van der Waals surface area contributed by atoms with Crippen LogP contribution in [0.1, 0.15) is 29.8 Å². The van der Waals surface area contributed by atoms with E-state index in [1.807, 2.05) is 18.2 Å². The molecule has 117 valence electrons. The predicted octanol–water partition coefficient (Wildman–Crippen LogP) is 3.45. The van der Waals surface area contributed by atoms with Gasteiger partial charge in [0.15, 0.2) is 0 Å². The quantitative estimate of drug-likeness (QED) is 0.709. The first-order chi connectivity index (χ1) is 11.3. The van der Waals surface area contributed by atoms with Gasteiger partial charge in [-0.2, -0.15) is 0 Å². The molecule has 3 nitrogen and oxygen atoms in total. The summed E-state index contributed by atoms with van der Waals surface area (Å²) in [7, 11) is 0. The van der Waals surface area contributed by atoms with Gasteiger partial charge in [-0.1, -0.05) is 49.4 Å². The van der Waals surface area contributed by atoms with E-state index in [4.69, 9.17) is 5.73 Å². The summed E-state index contributed by atoms with van der Waals surface area (Å²) < 4.78 is 2.29. The lowest BCUT2D eigenvalue weighted by Gasteiger charge is -2.12. The molecule has 0 saturated carbocycles.